The third-order valence-corrected chi connectivity index (χ3v) is 3.02. The molecule has 0 aromatic heterocycles. The van der Waals surface area contributed by atoms with Crippen molar-refractivity contribution in [2.24, 2.45) is 0 Å². The number of carbonyl (C=O) groups is 1. The van der Waals surface area contributed by atoms with Gasteiger partial charge in [0.1, 0.15) is 5.60 Å². The Morgan fingerprint density at radius 1 is 1.28 bits per heavy atom. The van der Waals surface area contributed by atoms with Crippen LogP contribution in [0.1, 0.15) is 34.6 Å². The summed E-state index contributed by atoms with van der Waals surface area (Å²) in [6.45, 7) is 12.1. The molecule has 1 aliphatic rings. The van der Waals surface area contributed by atoms with Crippen LogP contribution in [0.4, 0.5) is 4.79 Å². The van der Waals surface area contributed by atoms with E-state index in [0.717, 1.165) is 13.1 Å². The van der Waals surface area contributed by atoms with Gasteiger partial charge in [-0.15, -0.1) is 0 Å². The van der Waals surface area contributed by atoms with Crippen LogP contribution in [0.2, 0.25) is 0 Å². The van der Waals surface area contributed by atoms with Gasteiger partial charge in [-0.1, -0.05) is 0 Å². The molecule has 0 aromatic carbocycles. The van der Waals surface area contributed by atoms with Crippen LogP contribution < -0.4 is 0 Å². The number of hydrogen-bond donors (Lipinski definition) is 1. The van der Waals surface area contributed by atoms with E-state index in [4.69, 9.17) is 9.84 Å². The number of β-amino-alcohol motifs (C(OH)–C–C–N with tert-alkyl or cyclic N) is 1. The van der Waals surface area contributed by atoms with Crippen LogP contribution in [-0.2, 0) is 4.74 Å². The SMILES string of the molecule is CC1CN(CCO)CC(C)N1C(=O)OC(C)(C)C. The van der Waals surface area contributed by atoms with Gasteiger partial charge < -0.3 is 14.7 Å². The first kappa shape index (κ1) is 15.2. The summed E-state index contributed by atoms with van der Waals surface area (Å²) in [5.74, 6) is 0. The highest BCUT2D eigenvalue weighted by Gasteiger charge is 2.35. The van der Waals surface area contributed by atoms with Crippen LogP contribution in [0.3, 0.4) is 0 Å². The third kappa shape index (κ3) is 4.14. The van der Waals surface area contributed by atoms with Crippen molar-refractivity contribution in [3.05, 3.63) is 0 Å². The van der Waals surface area contributed by atoms with Crippen molar-refractivity contribution in [2.45, 2.75) is 52.3 Å². The van der Waals surface area contributed by atoms with Gasteiger partial charge in [-0.3, -0.25) is 4.90 Å². The van der Waals surface area contributed by atoms with Gasteiger partial charge in [0.2, 0.25) is 0 Å². The summed E-state index contributed by atoms with van der Waals surface area (Å²) in [7, 11) is 0. The number of piperazine rings is 1. The summed E-state index contributed by atoms with van der Waals surface area (Å²) in [5, 5.41) is 8.97. The molecule has 0 bridgehead atoms. The first-order valence-corrected chi connectivity index (χ1v) is 6.59. The molecule has 1 saturated heterocycles. The molecule has 1 fully saturated rings. The van der Waals surface area contributed by atoms with Gasteiger partial charge in [-0.05, 0) is 34.6 Å². The van der Waals surface area contributed by atoms with Gasteiger partial charge >= 0.3 is 6.09 Å². The summed E-state index contributed by atoms with van der Waals surface area (Å²) >= 11 is 0. The number of aliphatic hydroxyl groups excluding tert-OH is 1. The monoisotopic (exact) mass is 258 g/mol. The van der Waals surface area contributed by atoms with E-state index in [1.54, 1.807) is 4.90 Å². The molecule has 0 aromatic rings. The molecule has 5 heteroatoms. The van der Waals surface area contributed by atoms with Crippen molar-refractivity contribution in [3.8, 4) is 0 Å². The minimum Gasteiger partial charge on any atom is -0.444 e. The predicted octanol–water partition coefficient (Wildman–Crippen LogP) is 1.31. The lowest BCUT2D eigenvalue weighted by molar-refractivity contribution is -0.0167. The second kappa shape index (κ2) is 5.89. The molecule has 0 aliphatic carbocycles. The average Bonchev–Trinajstić information content (AvgIpc) is 2.13. The topological polar surface area (TPSA) is 53.0 Å². The van der Waals surface area contributed by atoms with Gasteiger partial charge in [-0.25, -0.2) is 4.79 Å². The number of aliphatic hydroxyl groups is 1. The first-order valence-electron chi connectivity index (χ1n) is 6.59. The van der Waals surface area contributed by atoms with Crippen molar-refractivity contribution >= 4 is 6.09 Å². The Labute approximate surface area is 110 Å². The maximum absolute atomic E-state index is 12.1. The average molecular weight is 258 g/mol. The van der Waals surface area contributed by atoms with Crippen molar-refractivity contribution in [2.75, 3.05) is 26.2 Å². The Bertz CT molecular complexity index is 276. The van der Waals surface area contributed by atoms with Crippen LogP contribution >= 0.6 is 0 Å². The summed E-state index contributed by atoms with van der Waals surface area (Å²) in [5.41, 5.74) is -0.460. The lowest BCUT2D eigenvalue weighted by Crippen LogP contribution is -2.59. The Morgan fingerprint density at radius 3 is 2.17 bits per heavy atom. The van der Waals surface area contributed by atoms with Gasteiger partial charge in [-0.2, -0.15) is 0 Å². The molecule has 0 spiro atoms. The molecule has 18 heavy (non-hydrogen) atoms. The fourth-order valence-electron chi connectivity index (χ4n) is 2.43. The summed E-state index contributed by atoms with van der Waals surface area (Å²) in [6, 6.07) is 0.213. The van der Waals surface area contributed by atoms with Crippen LogP contribution in [-0.4, -0.2) is 64.9 Å². The van der Waals surface area contributed by atoms with Crippen LogP contribution in [0.5, 0.6) is 0 Å². The van der Waals surface area contributed by atoms with E-state index < -0.39 is 5.60 Å². The Balaban J connectivity index is 2.64. The molecule has 0 saturated carbocycles. The fraction of sp³-hybridized carbons (Fsp3) is 0.923. The minimum absolute atomic E-state index is 0.107. The van der Waals surface area contributed by atoms with Gasteiger partial charge in [0.25, 0.3) is 0 Å². The van der Waals surface area contributed by atoms with E-state index in [-0.39, 0.29) is 24.8 Å². The maximum atomic E-state index is 12.1. The number of hydrogen-bond acceptors (Lipinski definition) is 4. The molecule has 1 rings (SSSR count). The summed E-state index contributed by atoms with van der Waals surface area (Å²) in [4.78, 5) is 16.1. The highest BCUT2D eigenvalue weighted by Crippen LogP contribution is 2.19. The number of rotatable bonds is 2. The van der Waals surface area contributed by atoms with Crippen LogP contribution in [0.15, 0.2) is 0 Å². The smallest absolute Gasteiger partial charge is 0.410 e. The van der Waals surface area contributed by atoms with Crippen molar-refractivity contribution in [1.82, 2.24) is 9.80 Å². The zero-order valence-corrected chi connectivity index (χ0v) is 12.1. The normalized spacial score (nSPS) is 26.2. The van der Waals surface area contributed by atoms with Crippen LogP contribution in [0, 0.1) is 0 Å². The highest BCUT2D eigenvalue weighted by atomic mass is 16.6. The predicted molar refractivity (Wildman–Crippen MR) is 70.5 cm³/mol. The number of amides is 1. The maximum Gasteiger partial charge on any atom is 0.410 e. The Hall–Kier alpha value is -0.810. The molecule has 2 atom stereocenters. The number of ether oxygens (including phenoxy) is 1. The standard InChI is InChI=1S/C13H26N2O3/c1-10-8-14(6-7-16)9-11(2)15(10)12(17)18-13(3,4)5/h10-11,16H,6-9H2,1-5H3. The molecule has 1 amide bonds. The number of nitrogens with zero attached hydrogens (tertiary/aromatic N) is 2. The fourth-order valence-corrected chi connectivity index (χ4v) is 2.43. The second-order valence-corrected chi connectivity index (χ2v) is 6.07. The molecule has 106 valence electrons. The highest BCUT2D eigenvalue weighted by molar-refractivity contribution is 5.69. The molecule has 2 unspecified atom stereocenters. The van der Waals surface area contributed by atoms with E-state index in [0.29, 0.717) is 6.54 Å². The van der Waals surface area contributed by atoms with E-state index >= 15 is 0 Å². The number of carbonyl (C=O) groups excluding carboxylic acids is 1. The second-order valence-electron chi connectivity index (χ2n) is 6.07. The molecule has 1 N–H and O–H groups in total. The summed E-state index contributed by atoms with van der Waals surface area (Å²) < 4.78 is 5.43. The van der Waals surface area contributed by atoms with Crippen molar-refractivity contribution in [3.63, 3.8) is 0 Å². The summed E-state index contributed by atoms with van der Waals surface area (Å²) in [6.07, 6.45) is -0.244. The van der Waals surface area contributed by atoms with Crippen molar-refractivity contribution < 1.29 is 14.6 Å². The Kier molecular flexibility index (Phi) is 4.99. The quantitative estimate of drug-likeness (QED) is 0.811. The Morgan fingerprint density at radius 2 is 1.78 bits per heavy atom. The van der Waals surface area contributed by atoms with E-state index in [2.05, 4.69) is 4.90 Å². The largest absolute Gasteiger partial charge is 0.444 e. The molecular weight excluding hydrogens is 232 g/mol. The third-order valence-electron chi connectivity index (χ3n) is 3.02. The first-order chi connectivity index (χ1) is 8.24. The van der Waals surface area contributed by atoms with E-state index in [9.17, 15) is 4.79 Å². The van der Waals surface area contributed by atoms with Gasteiger partial charge in [0, 0.05) is 31.7 Å². The van der Waals surface area contributed by atoms with E-state index in [1.807, 2.05) is 34.6 Å². The van der Waals surface area contributed by atoms with Gasteiger partial charge in [0.05, 0.1) is 6.61 Å². The lowest BCUT2D eigenvalue weighted by Gasteiger charge is -2.44. The van der Waals surface area contributed by atoms with Gasteiger partial charge in [0.15, 0.2) is 0 Å². The zero-order chi connectivity index (χ0) is 13.9. The molecule has 1 heterocycles. The molecular formula is C13H26N2O3. The van der Waals surface area contributed by atoms with E-state index in [1.165, 1.54) is 0 Å². The molecule has 0 radical (unpaired) electrons. The zero-order valence-electron chi connectivity index (χ0n) is 12.1. The van der Waals surface area contributed by atoms with Crippen molar-refractivity contribution in [1.29, 1.82) is 0 Å². The molecule has 1 aliphatic heterocycles. The molecule has 5 nitrogen and oxygen atoms in total. The minimum atomic E-state index is -0.460. The lowest BCUT2D eigenvalue weighted by atomic mass is 10.1. The van der Waals surface area contributed by atoms with Crippen LogP contribution in [0.25, 0.3) is 0 Å².